The number of nitrogen functional groups attached to an aromatic ring is 1. The Morgan fingerprint density at radius 3 is 2.80 bits per heavy atom. The van der Waals surface area contributed by atoms with Crippen molar-refractivity contribution in [1.82, 2.24) is 20.2 Å². The zero-order chi connectivity index (χ0) is 32.5. The quantitative estimate of drug-likeness (QED) is 0.173. The van der Waals surface area contributed by atoms with Crippen molar-refractivity contribution in [2.24, 2.45) is 0 Å². The summed E-state index contributed by atoms with van der Waals surface area (Å²) < 4.78 is 88.1. The predicted molar refractivity (Wildman–Crippen MR) is 164 cm³/mol. The molecule has 0 amide bonds. The number of aromatic nitrogens is 2. The van der Waals surface area contributed by atoms with Crippen LogP contribution in [0, 0.1) is 23.0 Å². The van der Waals surface area contributed by atoms with Gasteiger partial charge in [-0.2, -0.15) is 28.4 Å². The van der Waals surface area contributed by atoms with Crippen LogP contribution in [0.4, 0.5) is 27.0 Å². The molecule has 5 heterocycles. The Labute approximate surface area is 269 Å². The highest BCUT2D eigenvalue weighted by Crippen LogP contribution is 2.48. The van der Waals surface area contributed by atoms with Crippen molar-refractivity contribution in [3.63, 3.8) is 0 Å². The lowest BCUT2D eigenvalue weighted by Gasteiger charge is -2.31. The van der Waals surface area contributed by atoms with Crippen LogP contribution in [0.25, 0.3) is 32.1 Å². The first-order chi connectivity index (χ1) is 21.9. The third kappa shape index (κ3) is 5.08. The highest BCUT2D eigenvalue weighted by molar-refractivity contribution is 7.23. The molecule has 0 bridgehead atoms. The van der Waals surface area contributed by atoms with Crippen molar-refractivity contribution >= 4 is 48.9 Å². The average molecular weight is 679 g/mol. The summed E-state index contributed by atoms with van der Waals surface area (Å²) in [5, 5.41) is 12.3. The van der Waals surface area contributed by atoms with Crippen molar-refractivity contribution < 1.29 is 31.4 Å². The Morgan fingerprint density at radius 1 is 1.28 bits per heavy atom. The van der Waals surface area contributed by atoms with Gasteiger partial charge in [0, 0.05) is 28.9 Å². The number of halogens is 6. The Hall–Kier alpha value is -3.51. The third-order valence-corrected chi connectivity index (χ3v) is 10.6. The van der Waals surface area contributed by atoms with E-state index in [0.717, 1.165) is 37.6 Å². The molecule has 2 aromatic heterocycles. The number of hydrogen-bond acceptors (Lipinski definition) is 9. The van der Waals surface area contributed by atoms with Gasteiger partial charge in [0.05, 0.1) is 26.8 Å². The number of rotatable bonds is 6. The molecule has 0 saturated carbocycles. The van der Waals surface area contributed by atoms with E-state index in [-0.39, 0.29) is 67.1 Å². The number of nitrogens with two attached hydrogens (primary N) is 1. The van der Waals surface area contributed by atoms with E-state index in [1.807, 2.05) is 13.0 Å². The molecule has 4 aromatic rings. The average Bonchev–Trinajstić information content (AvgIpc) is 3.74. The van der Waals surface area contributed by atoms with Crippen LogP contribution < -0.4 is 20.5 Å². The molecule has 15 heteroatoms. The van der Waals surface area contributed by atoms with Crippen LogP contribution in [-0.4, -0.2) is 64.2 Å². The number of hydrogen-bond donors (Lipinski definition) is 2. The highest BCUT2D eigenvalue weighted by Gasteiger charge is 2.49. The van der Waals surface area contributed by atoms with E-state index in [1.54, 1.807) is 0 Å². The number of nitrogens with zero attached hydrogens (tertiary/aromatic N) is 4. The first-order valence-corrected chi connectivity index (χ1v) is 16.1. The van der Waals surface area contributed by atoms with Crippen LogP contribution in [0.1, 0.15) is 43.7 Å². The fraction of sp³-hybridized carbons (Fsp3) is 0.452. The molecule has 0 spiro atoms. The standard InChI is InChI=1S/C31H28ClF5N6O2S/c1-14-21(5-7-40-14)45-28-17-9-19(31(35,36)37)23(16-3-4-20(33)26-22(16)18(11-38)27(39)46-26)24(34)25(17)41-29(42-28)44-13-30-6-2-8-43(30)12-15(32)10-30/h3-4,9,14-15,21,40H,2,5-8,10,12-13,39H2,1H3/t14-,15-,21+,30+/m1/s1. The number of thiophene rings is 1. The number of anilines is 1. The largest absolute Gasteiger partial charge is 0.472 e. The van der Waals surface area contributed by atoms with Crippen LogP contribution >= 0.6 is 22.9 Å². The molecule has 46 heavy (non-hydrogen) atoms. The van der Waals surface area contributed by atoms with Crippen LogP contribution in [0.3, 0.4) is 0 Å². The van der Waals surface area contributed by atoms with Gasteiger partial charge >= 0.3 is 12.2 Å². The molecular formula is C31H28ClF5N6O2S. The van der Waals surface area contributed by atoms with Gasteiger partial charge in [0.2, 0.25) is 5.88 Å². The minimum absolute atomic E-state index is 0.0607. The van der Waals surface area contributed by atoms with Crippen molar-refractivity contribution in [1.29, 1.82) is 5.26 Å². The number of nitrogens with one attached hydrogen (secondary N) is 1. The van der Waals surface area contributed by atoms with Gasteiger partial charge in [-0.25, -0.2) is 8.78 Å². The van der Waals surface area contributed by atoms with Gasteiger partial charge in [-0.3, -0.25) is 4.90 Å². The molecule has 242 valence electrons. The van der Waals surface area contributed by atoms with E-state index in [2.05, 4.69) is 20.2 Å². The van der Waals surface area contributed by atoms with Crippen molar-refractivity contribution in [3.05, 3.63) is 41.0 Å². The normalized spacial score (nSPS) is 25.0. The summed E-state index contributed by atoms with van der Waals surface area (Å²) in [5.41, 5.74) is 2.27. The summed E-state index contributed by atoms with van der Waals surface area (Å²) in [6, 6.07) is 4.10. The lowest BCUT2D eigenvalue weighted by Crippen LogP contribution is -2.43. The zero-order valence-electron chi connectivity index (χ0n) is 24.5. The molecule has 3 N–H and O–H groups in total. The lowest BCUT2D eigenvalue weighted by atomic mass is 9.92. The van der Waals surface area contributed by atoms with E-state index in [9.17, 15) is 22.8 Å². The zero-order valence-corrected chi connectivity index (χ0v) is 26.1. The number of nitriles is 1. The second kappa shape index (κ2) is 11.3. The Morgan fingerprint density at radius 2 is 2.09 bits per heavy atom. The first kappa shape index (κ1) is 31.1. The van der Waals surface area contributed by atoms with Gasteiger partial charge in [0.25, 0.3) is 0 Å². The Balaban J connectivity index is 1.44. The van der Waals surface area contributed by atoms with E-state index >= 15 is 4.39 Å². The summed E-state index contributed by atoms with van der Waals surface area (Å²) >= 11 is 7.18. The minimum atomic E-state index is -5.07. The molecule has 3 fully saturated rings. The topological polar surface area (TPSA) is 109 Å². The highest BCUT2D eigenvalue weighted by atomic mass is 35.5. The predicted octanol–water partition coefficient (Wildman–Crippen LogP) is 6.62. The maximum atomic E-state index is 16.8. The first-order valence-electron chi connectivity index (χ1n) is 14.8. The molecular weight excluding hydrogens is 651 g/mol. The fourth-order valence-electron chi connectivity index (χ4n) is 7.12. The molecule has 8 nitrogen and oxygen atoms in total. The molecule has 3 aliphatic heterocycles. The van der Waals surface area contributed by atoms with Gasteiger partial charge in [0.1, 0.15) is 35.1 Å². The van der Waals surface area contributed by atoms with Crippen molar-refractivity contribution in [2.45, 2.75) is 61.8 Å². The van der Waals surface area contributed by atoms with Crippen LogP contribution in [0.5, 0.6) is 11.9 Å². The van der Waals surface area contributed by atoms with E-state index in [0.29, 0.717) is 37.3 Å². The molecule has 0 aliphatic carbocycles. The summed E-state index contributed by atoms with van der Waals surface area (Å²) in [7, 11) is 0. The monoisotopic (exact) mass is 678 g/mol. The van der Waals surface area contributed by atoms with Gasteiger partial charge in [-0.05, 0) is 63.4 Å². The van der Waals surface area contributed by atoms with Gasteiger partial charge in [0.15, 0.2) is 5.82 Å². The number of benzene rings is 2. The smallest absolute Gasteiger partial charge is 0.417 e. The van der Waals surface area contributed by atoms with Crippen molar-refractivity contribution in [3.8, 4) is 29.1 Å². The maximum Gasteiger partial charge on any atom is 0.417 e. The van der Waals surface area contributed by atoms with Crippen LogP contribution in [0.2, 0.25) is 0 Å². The van der Waals surface area contributed by atoms with Crippen molar-refractivity contribution in [2.75, 3.05) is 32.0 Å². The van der Waals surface area contributed by atoms with E-state index in [4.69, 9.17) is 26.8 Å². The second-order valence-corrected chi connectivity index (χ2v) is 13.8. The number of ether oxygens (including phenoxy) is 2. The van der Waals surface area contributed by atoms with Crippen LogP contribution in [0.15, 0.2) is 18.2 Å². The van der Waals surface area contributed by atoms with Gasteiger partial charge in [-0.15, -0.1) is 22.9 Å². The Bertz CT molecular complexity index is 1920. The summed E-state index contributed by atoms with van der Waals surface area (Å²) in [4.78, 5) is 10.9. The Kier molecular flexibility index (Phi) is 7.66. The van der Waals surface area contributed by atoms with Crippen LogP contribution in [-0.2, 0) is 6.18 Å². The summed E-state index contributed by atoms with van der Waals surface area (Å²) in [6.45, 7) is 4.19. The molecule has 3 aliphatic rings. The third-order valence-electron chi connectivity index (χ3n) is 9.33. The van der Waals surface area contributed by atoms with Gasteiger partial charge in [-0.1, -0.05) is 6.07 Å². The summed E-state index contributed by atoms with van der Waals surface area (Å²) in [5.74, 6) is -2.39. The van der Waals surface area contributed by atoms with E-state index < -0.39 is 40.6 Å². The van der Waals surface area contributed by atoms with E-state index in [1.165, 1.54) is 0 Å². The fourth-order valence-corrected chi connectivity index (χ4v) is 8.52. The molecule has 2 aromatic carbocycles. The molecule has 3 saturated heterocycles. The SMILES string of the molecule is C[C@H]1NCC[C@@H]1Oc1nc(OC[C@@]23CCCN2C[C@H](Cl)C3)nc2c(F)c(-c3ccc(F)c4sc(N)c(C#N)c34)c(C(F)(F)F)cc12. The number of fused-ring (bicyclic) bond motifs is 3. The molecule has 4 atom stereocenters. The summed E-state index contributed by atoms with van der Waals surface area (Å²) in [6.07, 6.45) is -2.52. The molecule has 0 radical (unpaired) electrons. The molecule has 0 unspecified atom stereocenters. The number of alkyl halides is 4. The van der Waals surface area contributed by atoms with Gasteiger partial charge < -0.3 is 20.5 Å². The minimum Gasteiger partial charge on any atom is -0.472 e. The molecule has 7 rings (SSSR count). The lowest BCUT2D eigenvalue weighted by molar-refractivity contribution is -0.137. The second-order valence-electron chi connectivity index (χ2n) is 12.1. The maximum absolute atomic E-state index is 16.8.